The molecule has 2 rings (SSSR count). The summed E-state index contributed by atoms with van der Waals surface area (Å²) in [5.41, 5.74) is 0. The topological polar surface area (TPSA) is 12.0 Å². The van der Waals surface area contributed by atoms with Crippen molar-refractivity contribution in [1.82, 2.24) is 5.32 Å². The summed E-state index contributed by atoms with van der Waals surface area (Å²) in [6, 6.07) is 0.820. The van der Waals surface area contributed by atoms with Gasteiger partial charge in [-0.1, -0.05) is 39.5 Å². The first-order valence-corrected chi connectivity index (χ1v) is 8.56. The van der Waals surface area contributed by atoms with E-state index in [1.165, 1.54) is 45.1 Å². The molecule has 0 aliphatic heterocycles. The smallest absolute Gasteiger partial charge is 0.00698 e. The number of fused-ring (bicyclic) bond motifs is 2. The predicted molar refractivity (Wildman–Crippen MR) is 79.8 cm³/mol. The van der Waals surface area contributed by atoms with E-state index in [9.17, 15) is 0 Å². The Morgan fingerprint density at radius 2 is 1.94 bits per heavy atom. The van der Waals surface area contributed by atoms with Crippen LogP contribution in [0.4, 0.5) is 0 Å². The van der Waals surface area contributed by atoms with Crippen LogP contribution in [-0.4, -0.2) is 12.6 Å². The van der Waals surface area contributed by atoms with Crippen molar-refractivity contribution < 1.29 is 0 Å². The van der Waals surface area contributed by atoms with Crippen molar-refractivity contribution in [2.45, 2.75) is 84.1 Å². The van der Waals surface area contributed by atoms with Crippen molar-refractivity contribution in [1.29, 1.82) is 0 Å². The van der Waals surface area contributed by atoms with Gasteiger partial charge in [-0.3, -0.25) is 0 Å². The second kappa shape index (κ2) is 7.53. The standard InChI is InChI=1S/C17H33N/c1-3-5-6-7-17(18-10-4-2)13-16-12-14-8-9-15(16)11-14/h14-18H,3-13H2,1-2H3. The molecule has 0 saturated heterocycles. The summed E-state index contributed by atoms with van der Waals surface area (Å²) >= 11 is 0. The van der Waals surface area contributed by atoms with E-state index in [1.54, 1.807) is 25.7 Å². The SMILES string of the molecule is CCCCCC(CC1CC2CCC1C2)NCCC. The van der Waals surface area contributed by atoms with Crippen molar-refractivity contribution in [2.24, 2.45) is 17.8 Å². The van der Waals surface area contributed by atoms with Gasteiger partial charge in [-0.15, -0.1) is 0 Å². The third-order valence-corrected chi connectivity index (χ3v) is 5.31. The van der Waals surface area contributed by atoms with E-state index in [-0.39, 0.29) is 0 Å². The molecule has 1 heteroatoms. The molecule has 106 valence electrons. The van der Waals surface area contributed by atoms with E-state index < -0.39 is 0 Å². The maximum absolute atomic E-state index is 3.81. The molecule has 0 radical (unpaired) electrons. The average molecular weight is 251 g/mol. The minimum Gasteiger partial charge on any atom is -0.314 e. The summed E-state index contributed by atoms with van der Waals surface area (Å²) < 4.78 is 0. The Labute approximate surface area is 114 Å². The van der Waals surface area contributed by atoms with Crippen LogP contribution in [0.5, 0.6) is 0 Å². The molecule has 0 aromatic carbocycles. The van der Waals surface area contributed by atoms with Gasteiger partial charge in [-0.2, -0.15) is 0 Å². The first kappa shape index (κ1) is 14.4. The minimum absolute atomic E-state index is 0.820. The quantitative estimate of drug-likeness (QED) is 0.583. The van der Waals surface area contributed by atoms with Gasteiger partial charge in [0.25, 0.3) is 0 Å². The molecule has 0 spiro atoms. The first-order chi connectivity index (χ1) is 8.83. The lowest BCUT2D eigenvalue weighted by Gasteiger charge is -2.27. The van der Waals surface area contributed by atoms with Gasteiger partial charge in [-0.25, -0.2) is 0 Å². The summed E-state index contributed by atoms with van der Waals surface area (Å²) in [4.78, 5) is 0. The van der Waals surface area contributed by atoms with Crippen molar-refractivity contribution in [3.05, 3.63) is 0 Å². The second-order valence-corrected chi connectivity index (χ2v) is 6.82. The van der Waals surface area contributed by atoms with Crippen molar-refractivity contribution in [3.63, 3.8) is 0 Å². The Hall–Kier alpha value is -0.0400. The molecule has 2 bridgehead atoms. The maximum atomic E-state index is 3.81. The van der Waals surface area contributed by atoms with Gasteiger partial charge in [0.05, 0.1) is 0 Å². The lowest BCUT2D eigenvalue weighted by atomic mass is 9.83. The van der Waals surface area contributed by atoms with Gasteiger partial charge in [0.1, 0.15) is 0 Å². The van der Waals surface area contributed by atoms with Crippen LogP contribution in [0.3, 0.4) is 0 Å². The Morgan fingerprint density at radius 1 is 1.06 bits per heavy atom. The van der Waals surface area contributed by atoms with Crippen LogP contribution in [0.2, 0.25) is 0 Å². The molecule has 4 unspecified atom stereocenters. The molecule has 2 fully saturated rings. The lowest BCUT2D eigenvalue weighted by Crippen LogP contribution is -2.33. The van der Waals surface area contributed by atoms with Gasteiger partial charge in [-0.05, 0) is 62.8 Å². The summed E-state index contributed by atoms with van der Waals surface area (Å²) in [7, 11) is 0. The van der Waals surface area contributed by atoms with Crippen LogP contribution in [-0.2, 0) is 0 Å². The predicted octanol–water partition coefficient (Wildman–Crippen LogP) is 4.76. The Balaban J connectivity index is 1.73. The van der Waals surface area contributed by atoms with E-state index in [0.29, 0.717) is 0 Å². The molecule has 2 aliphatic carbocycles. The lowest BCUT2D eigenvalue weighted by molar-refractivity contribution is 0.269. The van der Waals surface area contributed by atoms with E-state index in [1.807, 2.05) is 0 Å². The fourth-order valence-corrected chi connectivity index (χ4v) is 4.32. The Bertz CT molecular complexity index is 226. The summed E-state index contributed by atoms with van der Waals surface area (Å²) in [6.07, 6.45) is 14.6. The molecular weight excluding hydrogens is 218 g/mol. The summed E-state index contributed by atoms with van der Waals surface area (Å²) in [6.45, 7) is 5.82. The summed E-state index contributed by atoms with van der Waals surface area (Å²) in [5.74, 6) is 3.29. The van der Waals surface area contributed by atoms with Crippen molar-refractivity contribution >= 4 is 0 Å². The monoisotopic (exact) mass is 251 g/mol. The third kappa shape index (κ3) is 3.98. The zero-order valence-electron chi connectivity index (χ0n) is 12.6. The third-order valence-electron chi connectivity index (χ3n) is 5.31. The van der Waals surface area contributed by atoms with Crippen LogP contribution in [0, 0.1) is 17.8 Å². The van der Waals surface area contributed by atoms with Gasteiger partial charge < -0.3 is 5.32 Å². The number of unbranched alkanes of at least 4 members (excludes halogenated alkanes) is 2. The zero-order valence-corrected chi connectivity index (χ0v) is 12.6. The molecule has 2 aliphatic rings. The van der Waals surface area contributed by atoms with E-state index >= 15 is 0 Å². The van der Waals surface area contributed by atoms with Crippen LogP contribution < -0.4 is 5.32 Å². The highest BCUT2D eigenvalue weighted by atomic mass is 14.9. The van der Waals surface area contributed by atoms with Gasteiger partial charge in [0.15, 0.2) is 0 Å². The van der Waals surface area contributed by atoms with Crippen LogP contribution in [0.25, 0.3) is 0 Å². The number of hydrogen-bond donors (Lipinski definition) is 1. The molecule has 1 nitrogen and oxygen atoms in total. The Kier molecular flexibility index (Phi) is 6.01. The zero-order chi connectivity index (χ0) is 12.8. The van der Waals surface area contributed by atoms with Crippen LogP contribution in [0.1, 0.15) is 78.1 Å². The average Bonchev–Trinajstić information content (AvgIpc) is 2.98. The normalized spacial score (nSPS) is 32.0. The fraction of sp³-hybridized carbons (Fsp3) is 1.00. The highest BCUT2D eigenvalue weighted by molar-refractivity contribution is 4.91. The first-order valence-electron chi connectivity index (χ1n) is 8.56. The van der Waals surface area contributed by atoms with Gasteiger partial charge in [0.2, 0.25) is 0 Å². The molecule has 2 saturated carbocycles. The number of nitrogens with one attached hydrogen (secondary N) is 1. The van der Waals surface area contributed by atoms with Crippen molar-refractivity contribution in [2.75, 3.05) is 6.54 Å². The largest absolute Gasteiger partial charge is 0.314 e. The molecule has 1 N–H and O–H groups in total. The van der Waals surface area contributed by atoms with E-state index in [4.69, 9.17) is 0 Å². The van der Waals surface area contributed by atoms with E-state index in [0.717, 1.165) is 23.8 Å². The van der Waals surface area contributed by atoms with Crippen LogP contribution in [0.15, 0.2) is 0 Å². The minimum atomic E-state index is 0.820. The molecule has 0 amide bonds. The molecule has 0 heterocycles. The molecule has 0 aromatic heterocycles. The summed E-state index contributed by atoms with van der Waals surface area (Å²) in [5, 5.41) is 3.81. The van der Waals surface area contributed by atoms with E-state index in [2.05, 4.69) is 19.2 Å². The van der Waals surface area contributed by atoms with Crippen LogP contribution >= 0.6 is 0 Å². The number of hydrogen-bond acceptors (Lipinski definition) is 1. The second-order valence-electron chi connectivity index (χ2n) is 6.82. The number of rotatable bonds is 9. The highest BCUT2D eigenvalue weighted by Crippen LogP contribution is 2.50. The highest BCUT2D eigenvalue weighted by Gasteiger charge is 2.39. The molecule has 4 atom stereocenters. The molecular formula is C17H33N. The Morgan fingerprint density at radius 3 is 2.56 bits per heavy atom. The fourth-order valence-electron chi connectivity index (χ4n) is 4.32. The molecule has 0 aromatic rings. The maximum Gasteiger partial charge on any atom is 0.00698 e. The van der Waals surface area contributed by atoms with Gasteiger partial charge >= 0.3 is 0 Å². The van der Waals surface area contributed by atoms with Crippen molar-refractivity contribution in [3.8, 4) is 0 Å². The molecule has 18 heavy (non-hydrogen) atoms. The van der Waals surface area contributed by atoms with Gasteiger partial charge in [0, 0.05) is 6.04 Å².